The van der Waals surface area contributed by atoms with Gasteiger partial charge in [0.05, 0.1) is 13.3 Å². The van der Waals surface area contributed by atoms with E-state index in [1.807, 2.05) is 0 Å². The van der Waals surface area contributed by atoms with E-state index in [1.165, 1.54) is 12.4 Å². The Hall–Kier alpha value is -4.00. The SMILES string of the molecule is COc1ccc(NC(=O)c2ccc(C=NNC(=O)c3ccccn3)cc2)cc1. The number of anilines is 1. The molecule has 2 amide bonds. The fourth-order valence-corrected chi connectivity index (χ4v) is 2.32. The number of rotatable bonds is 6. The van der Waals surface area contributed by atoms with Crippen molar-refractivity contribution in [2.75, 3.05) is 12.4 Å². The molecule has 2 aromatic carbocycles. The van der Waals surface area contributed by atoms with Crippen LogP contribution in [0.25, 0.3) is 0 Å². The fraction of sp³-hybridized carbons (Fsp3) is 0.0476. The van der Waals surface area contributed by atoms with Gasteiger partial charge >= 0.3 is 0 Å². The van der Waals surface area contributed by atoms with E-state index in [-0.39, 0.29) is 11.6 Å². The summed E-state index contributed by atoms with van der Waals surface area (Å²) in [5.74, 6) is 0.0984. The molecule has 3 aromatic rings. The Kier molecular flexibility index (Phi) is 6.10. The van der Waals surface area contributed by atoms with Gasteiger partial charge in [-0.15, -0.1) is 0 Å². The summed E-state index contributed by atoms with van der Waals surface area (Å²) >= 11 is 0. The molecule has 0 atom stereocenters. The average molecular weight is 374 g/mol. The highest BCUT2D eigenvalue weighted by Gasteiger charge is 2.06. The monoisotopic (exact) mass is 374 g/mol. The molecule has 0 bridgehead atoms. The highest BCUT2D eigenvalue weighted by atomic mass is 16.5. The normalized spacial score (nSPS) is 10.5. The second-order valence-electron chi connectivity index (χ2n) is 5.72. The minimum Gasteiger partial charge on any atom is -0.497 e. The minimum absolute atomic E-state index is 0.225. The Morgan fingerprint density at radius 3 is 2.36 bits per heavy atom. The largest absolute Gasteiger partial charge is 0.497 e. The van der Waals surface area contributed by atoms with Gasteiger partial charge in [-0.1, -0.05) is 18.2 Å². The van der Waals surface area contributed by atoms with E-state index in [0.717, 1.165) is 11.3 Å². The molecule has 0 fully saturated rings. The van der Waals surface area contributed by atoms with Crippen LogP contribution < -0.4 is 15.5 Å². The Morgan fingerprint density at radius 2 is 1.71 bits per heavy atom. The minimum atomic E-state index is -0.396. The van der Waals surface area contributed by atoms with Crippen molar-refractivity contribution in [2.24, 2.45) is 5.10 Å². The maximum Gasteiger partial charge on any atom is 0.289 e. The summed E-state index contributed by atoms with van der Waals surface area (Å²) in [4.78, 5) is 28.1. The van der Waals surface area contributed by atoms with Gasteiger partial charge in [-0.05, 0) is 54.1 Å². The lowest BCUT2D eigenvalue weighted by atomic mass is 10.1. The molecule has 0 saturated carbocycles. The zero-order valence-electron chi connectivity index (χ0n) is 15.1. The van der Waals surface area contributed by atoms with Crippen molar-refractivity contribution in [3.8, 4) is 5.75 Å². The fourth-order valence-electron chi connectivity index (χ4n) is 2.32. The van der Waals surface area contributed by atoms with Crippen LogP contribution in [0.1, 0.15) is 26.4 Å². The predicted octanol–water partition coefficient (Wildman–Crippen LogP) is 3.11. The molecule has 2 N–H and O–H groups in total. The van der Waals surface area contributed by atoms with Gasteiger partial charge in [-0.3, -0.25) is 14.6 Å². The Labute approximate surface area is 162 Å². The van der Waals surface area contributed by atoms with Crippen molar-refractivity contribution in [1.82, 2.24) is 10.4 Å². The molecule has 0 spiro atoms. The number of hydrogen-bond acceptors (Lipinski definition) is 5. The van der Waals surface area contributed by atoms with Gasteiger partial charge in [0.15, 0.2) is 0 Å². The topological polar surface area (TPSA) is 92.7 Å². The third-order valence-corrected chi connectivity index (χ3v) is 3.80. The average Bonchev–Trinajstić information content (AvgIpc) is 2.75. The van der Waals surface area contributed by atoms with Crippen molar-refractivity contribution >= 4 is 23.7 Å². The summed E-state index contributed by atoms with van der Waals surface area (Å²) < 4.78 is 5.09. The Morgan fingerprint density at radius 1 is 0.964 bits per heavy atom. The third-order valence-electron chi connectivity index (χ3n) is 3.80. The van der Waals surface area contributed by atoms with Gasteiger partial charge in [-0.2, -0.15) is 5.10 Å². The van der Waals surface area contributed by atoms with Crippen molar-refractivity contribution < 1.29 is 14.3 Å². The van der Waals surface area contributed by atoms with Gasteiger partial charge in [0.2, 0.25) is 0 Å². The molecule has 0 aliphatic heterocycles. The van der Waals surface area contributed by atoms with E-state index in [0.29, 0.717) is 11.3 Å². The van der Waals surface area contributed by atoms with Crippen molar-refractivity contribution in [1.29, 1.82) is 0 Å². The lowest BCUT2D eigenvalue weighted by Gasteiger charge is -2.06. The van der Waals surface area contributed by atoms with Crippen LogP contribution in [-0.2, 0) is 0 Å². The van der Waals surface area contributed by atoms with Gasteiger partial charge in [-0.25, -0.2) is 5.43 Å². The van der Waals surface area contributed by atoms with E-state index in [2.05, 4.69) is 20.8 Å². The Bertz CT molecular complexity index is 969. The lowest BCUT2D eigenvalue weighted by molar-refractivity contribution is 0.0949. The number of benzene rings is 2. The zero-order chi connectivity index (χ0) is 19.8. The molecule has 0 radical (unpaired) electrons. The van der Waals surface area contributed by atoms with Crippen LogP contribution in [0.15, 0.2) is 78.0 Å². The van der Waals surface area contributed by atoms with E-state index >= 15 is 0 Å². The van der Waals surface area contributed by atoms with Crippen LogP contribution in [0.2, 0.25) is 0 Å². The van der Waals surface area contributed by atoms with Crippen LogP contribution >= 0.6 is 0 Å². The van der Waals surface area contributed by atoms with Crippen molar-refractivity contribution in [2.45, 2.75) is 0 Å². The van der Waals surface area contributed by atoms with E-state index in [4.69, 9.17) is 4.74 Å². The zero-order valence-corrected chi connectivity index (χ0v) is 15.1. The van der Waals surface area contributed by atoms with E-state index in [1.54, 1.807) is 73.8 Å². The van der Waals surface area contributed by atoms with Crippen LogP contribution in [-0.4, -0.2) is 30.1 Å². The van der Waals surface area contributed by atoms with Crippen molar-refractivity contribution in [3.05, 3.63) is 89.7 Å². The lowest BCUT2D eigenvalue weighted by Crippen LogP contribution is -2.18. The van der Waals surface area contributed by atoms with Gasteiger partial charge < -0.3 is 10.1 Å². The second kappa shape index (κ2) is 9.09. The first-order valence-corrected chi connectivity index (χ1v) is 8.45. The van der Waals surface area contributed by atoms with Crippen LogP contribution in [0.3, 0.4) is 0 Å². The van der Waals surface area contributed by atoms with Gasteiger partial charge in [0.1, 0.15) is 11.4 Å². The summed E-state index contributed by atoms with van der Waals surface area (Å²) in [5, 5.41) is 6.71. The summed E-state index contributed by atoms with van der Waals surface area (Å²) in [6, 6.07) is 19.0. The number of ether oxygens (including phenoxy) is 1. The molecule has 140 valence electrons. The number of nitrogens with zero attached hydrogens (tertiary/aromatic N) is 2. The standard InChI is InChI=1S/C21H18N4O3/c1-28-18-11-9-17(10-12-18)24-20(26)16-7-5-15(6-8-16)14-23-25-21(27)19-4-2-3-13-22-19/h2-14H,1H3,(H,24,26)(H,25,27). The first-order valence-electron chi connectivity index (χ1n) is 8.45. The number of pyridine rings is 1. The van der Waals surface area contributed by atoms with Crippen LogP contribution in [0.5, 0.6) is 5.75 Å². The number of hydrogen-bond donors (Lipinski definition) is 2. The molecule has 1 heterocycles. The highest BCUT2D eigenvalue weighted by Crippen LogP contribution is 2.16. The first kappa shape index (κ1) is 18.8. The molecule has 0 unspecified atom stereocenters. The third kappa shape index (κ3) is 5.01. The summed E-state index contributed by atoms with van der Waals surface area (Å²) in [5.41, 5.74) is 4.61. The van der Waals surface area contributed by atoms with Crippen LogP contribution in [0, 0.1) is 0 Å². The number of methoxy groups -OCH3 is 1. The summed E-state index contributed by atoms with van der Waals surface area (Å²) in [7, 11) is 1.59. The molecular weight excluding hydrogens is 356 g/mol. The summed E-state index contributed by atoms with van der Waals surface area (Å²) in [6.45, 7) is 0. The number of carbonyl (C=O) groups excluding carboxylic acids is 2. The molecule has 0 aliphatic carbocycles. The molecule has 3 rings (SSSR count). The number of aromatic nitrogens is 1. The Balaban J connectivity index is 1.56. The maximum atomic E-state index is 12.3. The highest BCUT2D eigenvalue weighted by molar-refractivity contribution is 6.04. The number of nitrogens with one attached hydrogen (secondary N) is 2. The molecule has 1 aromatic heterocycles. The smallest absolute Gasteiger partial charge is 0.289 e. The first-order chi connectivity index (χ1) is 13.7. The quantitative estimate of drug-likeness (QED) is 0.512. The number of amides is 2. The van der Waals surface area contributed by atoms with Gasteiger partial charge in [0, 0.05) is 17.4 Å². The van der Waals surface area contributed by atoms with Crippen LogP contribution in [0.4, 0.5) is 5.69 Å². The molecule has 0 aliphatic rings. The van der Waals surface area contributed by atoms with E-state index in [9.17, 15) is 9.59 Å². The molecule has 0 saturated heterocycles. The molecule has 7 nitrogen and oxygen atoms in total. The van der Waals surface area contributed by atoms with E-state index < -0.39 is 5.91 Å². The predicted molar refractivity (Wildman–Crippen MR) is 107 cm³/mol. The number of carbonyl (C=O) groups is 2. The molecular formula is C21H18N4O3. The van der Waals surface area contributed by atoms with Gasteiger partial charge in [0.25, 0.3) is 11.8 Å². The number of hydrazone groups is 1. The second-order valence-corrected chi connectivity index (χ2v) is 5.72. The van der Waals surface area contributed by atoms with Crippen molar-refractivity contribution in [3.63, 3.8) is 0 Å². The summed E-state index contributed by atoms with van der Waals surface area (Å²) in [6.07, 6.45) is 3.03. The molecule has 7 heteroatoms. The maximum absolute atomic E-state index is 12.3. The molecule has 28 heavy (non-hydrogen) atoms.